The summed E-state index contributed by atoms with van der Waals surface area (Å²) in [5.41, 5.74) is 0.368. The SMILES string of the molecule is CCCCCCCCCCCCCCOOC(=O)c1ccc(OC)c(OC)c1. The van der Waals surface area contributed by atoms with E-state index < -0.39 is 5.97 Å². The third-order valence-corrected chi connectivity index (χ3v) is 4.84. The lowest BCUT2D eigenvalue weighted by Gasteiger charge is -2.09. The Bertz CT molecular complexity index is 530. The molecule has 0 aliphatic heterocycles. The zero-order chi connectivity index (χ0) is 20.5. The first-order chi connectivity index (χ1) is 13.7. The Hall–Kier alpha value is -1.75. The summed E-state index contributed by atoms with van der Waals surface area (Å²) in [6, 6.07) is 4.87. The molecule has 0 saturated carbocycles. The van der Waals surface area contributed by atoms with Gasteiger partial charge in [-0.25, -0.2) is 4.79 Å². The second-order valence-corrected chi connectivity index (χ2v) is 7.15. The average Bonchev–Trinajstić information content (AvgIpc) is 2.73. The maximum absolute atomic E-state index is 12.0. The van der Waals surface area contributed by atoms with E-state index in [0.29, 0.717) is 23.7 Å². The maximum atomic E-state index is 12.0. The number of rotatable bonds is 17. The molecule has 28 heavy (non-hydrogen) atoms. The Balaban J connectivity index is 1.99. The fourth-order valence-electron chi connectivity index (χ4n) is 3.11. The lowest BCUT2D eigenvalue weighted by atomic mass is 10.1. The van der Waals surface area contributed by atoms with Gasteiger partial charge in [-0.3, -0.25) is 4.89 Å². The van der Waals surface area contributed by atoms with E-state index >= 15 is 0 Å². The van der Waals surface area contributed by atoms with Gasteiger partial charge in [-0.05, 0) is 24.6 Å². The van der Waals surface area contributed by atoms with E-state index in [1.807, 2.05) is 0 Å². The van der Waals surface area contributed by atoms with Crippen molar-refractivity contribution in [3.63, 3.8) is 0 Å². The minimum Gasteiger partial charge on any atom is -0.493 e. The third-order valence-electron chi connectivity index (χ3n) is 4.84. The minimum absolute atomic E-state index is 0.368. The van der Waals surface area contributed by atoms with Gasteiger partial charge in [0.15, 0.2) is 11.5 Å². The Kier molecular flexibility index (Phi) is 14.1. The largest absolute Gasteiger partial charge is 0.493 e. The van der Waals surface area contributed by atoms with Crippen LogP contribution in [-0.4, -0.2) is 26.8 Å². The smallest absolute Gasteiger partial charge is 0.373 e. The molecular weight excluding hydrogens is 356 g/mol. The molecule has 0 unspecified atom stereocenters. The summed E-state index contributed by atoms with van der Waals surface area (Å²) in [6.45, 7) is 2.68. The molecular formula is C23H38O5. The van der Waals surface area contributed by atoms with Crippen molar-refractivity contribution < 1.29 is 24.0 Å². The molecule has 1 aromatic carbocycles. The van der Waals surface area contributed by atoms with E-state index in [0.717, 1.165) is 12.8 Å². The maximum Gasteiger partial charge on any atom is 0.373 e. The van der Waals surface area contributed by atoms with E-state index in [-0.39, 0.29) is 0 Å². The first kappa shape index (κ1) is 24.3. The van der Waals surface area contributed by atoms with Crippen LogP contribution in [0.5, 0.6) is 11.5 Å². The van der Waals surface area contributed by atoms with Gasteiger partial charge in [0.1, 0.15) is 0 Å². The van der Waals surface area contributed by atoms with Gasteiger partial charge in [0.05, 0.1) is 26.4 Å². The molecule has 0 heterocycles. The van der Waals surface area contributed by atoms with Gasteiger partial charge < -0.3 is 9.47 Å². The van der Waals surface area contributed by atoms with Crippen LogP contribution in [0.25, 0.3) is 0 Å². The Morgan fingerprint density at radius 1 is 0.750 bits per heavy atom. The molecule has 0 saturated heterocycles. The van der Waals surface area contributed by atoms with E-state index in [1.165, 1.54) is 71.3 Å². The van der Waals surface area contributed by atoms with Gasteiger partial charge in [-0.1, -0.05) is 77.6 Å². The van der Waals surface area contributed by atoms with Crippen LogP contribution in [0.4, 0.5) is 0 Å². The van der Waals surface area contributed by atoms with Crippen molar-refractivity contribution in [2.45, 2.75) is 84.0 Å². The molecule has 0 fully saturated rings. The second-order valence-electron chi connectivity index (χ2n) is 7.15. The number of unbranched alkanes of at least 4 members (excludes halogenated alkanes) is 11. The Labute approximate surface area is 170 Å². The number of carbonyl (C=O) groups is 1. The molecule has 160 valence electrons. The van der Waals surface area contributed by atoms with Gasteiger partial charge in [0.25, 0.3) is 0 Å². The van der Waals surface area contributed by atoms with Crippen LogP contribution in [-0.2, 0) is 9.78 Å². The Morgan fingerprint density at radius 2 is 1.29 bits per heavy atom. The fourth-order valence-corrected chi connectivity index (χ4v) is 3.11. The summed E-state index contributed by atoms with van der Waals surface area (Å²) in [4.78, 5) is 21.9. The molecule has 0 aliphatic rings. The number of hydrogen-bond acceptors (Lipinski definition) is 5. The quantitative estimate of drug-likeness (QED) is 0.172. The molecule has 1 rings (SSSR count). The van der Waals surface area contributed by atoms with Crippen molar-refractivity contribution in [3.05, 3.63) is 23.8 Å². The highest BCUT2D eigenvalue weighted by Crippen LogP contribution is 2.27. The highest BCUT2D eigenvalue weighted by molar-refractivity contribution is 5.89. The fraction of sp³-hybridized carbons (Fsp3) is 0.696. The van der Waals surface area contributed by atoms with Crippen LogP contribution >= 0.6 is 0 Å². The normalized spacial score (nSPS) is 10.7. The molecule has 0 N–H and O–H groups in total. The molecule has 0 bridgehead atoms. The van der Waals surface area contributed by atoms with Crippen LogP contribution in [0, 0.1) is 0 Å². The molecule has 1 aromatic rings. The zero-order valence-electron chi connectivity index (χ0n) is 18.0. The predicted octanol–water partition coefficient (Wildman–Crippen LogP) is 6.49. The Morgan fingerprint density at radius 3 is 1.82 bits per heavy atom. The highest BCUT2D eigenvalue weighted by Gasteiger charge is 2.12. The van der Waals surface area contributed by atoms with E-state index in [1.54, 1.807) is 25.3 Å². The summed E-state index contributed by atoms with van der Waals surface area (Å²) in [7, 11) is 3.07. The molecule has 0 aromatic heterocycles. The first-order valence-electron chi connectivity index (χ1n) is 10.8. The van der Waals surface area contributed by atoms with Crippen LogP contribution in [0.2, 0.25) is 0 Å². The topological polar surface area (TPSA) is 54.0 Å². The molecule has 0 aliphatic carbocycles. The summed E-state index contributed by atoms with van der Waals surface area (Å²) in [6.07, 6.45) is 15.4. The standard InChI is InChI=1S/C23H38O5/c1-4-5-6-7-8-9-10-11-12-13-14-15-18-27-28-23(24)20-16-17-21(25-2)22(19-20)26-3/h16-17,19H,4-15,18H2,1-3H3. The van der Waals surface area contributed by atoms with Gasteiger partial charge in [-0.2, -0.15) is 4.89 Å². The van der Waals surface area contributed by atoms with Crippen LogP contribution in [0.1, 0.15) is 94.3 Å². The number of benzene rings is 1. The molecule has 0 spiro atoms. The highest BCUT2D eigenvalue weighted by atomic mass is 17.2. The van der Waals surface area contributed by atoms with Crippen LogP contribution in [0.15, 0.2) is 18.2 Å². The number of methoxy groups -OCH3 is 2. The van der Waals surface area contributed by atoms with E-state index in [9.17, 15) is 4.79 Å². The van der Waals surface area contributed by atoms with Gasteiger partial charge in [0, 0.05) is 0 Å². The molecule has 0 radical (unpaired) electrons. The summed E-state index contributed by atoms with van der Waals surface area (Å²) in [5, 5.41) is 0. The number of carbonyl (C=O) groups excluding carboxylic acids is 1. The summed E-state index contributed by atoms with van der Waals surface area (Å²) in [5.74, 6) is 0.522. The predicted molar refractivity (Wildman–Crippen MR) is 112 cm³/mol. The monoisotopic (exact) mass is 394 g/mol. The zero-order valence-corrected chi connectivity index (χ0v) is 18.0. The minimum atomic E-state index is -0.528. The van der Waals surface area contributed by atoms with E-state index in [4.69, 9.17) is 19.2 Å². The van der Waals surface area contributed by atoms with Crippen molar-refractivity contribution in [2.75, 3.05) is 20.8 Å². The van der Waals surface area contributed by atoms with Crippen molar-refractivity contribution in [1.82, 2.24) is 0 Å². The van der Waals surface area contributed by atoms with E-state index in [2.05, 4.69) is 6.92 Å². The van der Waals surface area contributed by atoms with Crippen molar-refractivity contribution in [2.24, 2.45) is 0 Å². The molecule has 0 amide bonds. The first-order valence-corrected chi connectivity index (χ1v) is 10.8. The van der Waals surface area contributed by atoms with Gasteiger partial charge in [0.2, 0.25) is 0 Å². The average molecular weight is 395 g/mol. The number of hydrogen-bond donors (Lipinski definition) is 0. The van der Waals surface area contributed by atoms with Gasteiger partial charge >= 0.3 is 5.97 Å². The summed E-state index contributed by atoms with van der Waals surface area (Å²) < 4.78 is 10.3. The summed E-state index contributed by atoms with van der Waals surface area (Å²) >= 11 is 0. The van der Waals surface area contributed by atoms with Crippen LogP contribution < -0.4 is 9.47 Å². The van der Waals surface area contributed by atoms with Crippen molar-refractivity contribution in [1.29, 1.82) is 0 Å². The molecule has 5 nitrogen and oxygen atoms in total. The van der Waals surface area contributed by atoms with Gasteiger partial charge in [-0.15, -0.1) is 0 Å². The third kappa shape index (κ3) is 10.5. The van der Waals surface area contributed by atoms with Crippen LogP contribution in [0.3, 0.4) is 0 Å². The van der Waals surface area contributed by atoms with Crippen molar-refractivity contribution >= 4 is 5.97 Å². The lowest BCUT2D eigenvalue weighted by molar-refractivity contribution is -0.241. The van der Waals surface area contributed by atoms with Crippen molar-refractivity contribution in [3.8, 4) is 11.5 Å². The molecule has 0 atom stereocenters. The lowest BCUT2D eigenvalue weighted by Crippen LogP contribution is -2.07. The molecule has 5 heteroatoms. The second kappa shape index (κ2) is 16.2. The number of ether oxygens (including phenoxy) is 2.